The summed E-state index contributed by atoms with van der Waals surface area (Å²) in [4.78, 5) is 0.806. The molecule has 0 aromatic heterocycles. The van der Waals surface area contributed by atoms with Gasteiger partial charge < -0.3 is 4.74 Å². The summed E-state index contributed by atoms with van der Waals surface area (Å²) in [6, 6.07) is 7.51. The molecule has 0 aliphatic carbocycles. The van der Waals surface area contributed by atoms with Gasteiger partial charge in [0.2, 0.25) is 0 Å². The van der Waals surface area contributed by atoms with Crippen molar-refractivity contribution in [1.29, 1.82) is 0 Å². The first-order valence-electron chi connectivity index (χ1n) is 13.8. The molecular weight excluding hydrogens is 521 g/mol. The maximum atomic E-state index is 12.1. The quantitative estimate of drug-likeness (QED) is 0.130. The summed E-state index contributed by atoms with van der Waals surface area (Å²) in [6.07, 6.45) is 17.5. The third-order valence-corrected chi connectivity index (χ3v) is 10.0. The highest BCUT2D eigenvalue weighted by Gasteiger charge is 2.26. The van der Waals surface area contributed by atoms with E-state index in [1.165, 1.54) is 57.8 Å². The van der Waals surface area contributed by atoms with Crippen LogP contribution in [0.3, 0.4) is 0 Å². The number of ether oxygens (including phenoxy) is 1. The highest BCUT2D eigenvalue weighted by atomic mass is 32.3. The smallest absolute Gasteiger partial charge is 0.389 e. The molecule has 0 radical (unpaired) electrons. The van der Waals surface area contributed by atoms with Gasteiger partial charge in [-0.25, -0.2) is 3.63 Å². The Labute approximate surface area is 225 Å². The van der Waals surface area contributed by atoms with Gasteiger partial charge in [-0.05, 0) is 37.5 Å². The highest BCUT2D eigenvalue weighted by molar-refractivity contribution is 8.32. The number of alkyl halides is 3. The summed E-state index contributed by atoms with van der Waals surface area (Å²) < 4.78 is 70.8. The van der Waals surface area contributed by atoms with Crippen LogP contribution in [0.5, 0.6) is 5.75 Å². The van der Waals surface area contributed by atoms with Gasteiger partial charge >= 0.3 is 6.18 Å². The van der Waals surface area contributed by atoms with Gasteiger partial charge in [0.25, 0.3) is 10.1 Å². The van der Waals surface area contributed by atoms with E-state index in [4.69, 9.17) is 8.37 Å². The maximum Gasteiger partial charge on any atom is 0.389 e. The number of unbranched alkanes of at least 4 members (excludes halogenated alkanes) is 15. The predicted octanol–water partition coefficient (Wildman–Crippen LogP) is 9.57. The molecule has 0 aliphatic heterocycles. The summed E-state index contributed by atoms with van der Waals surface area (Å²) in [5.74, 6) is 0.701. The van der Waals surface area contributed by atoms with E-state index in [1.807, 2.05) is 36.8 Å². The van der Waals surface area contributed by atoms with Gasteiger partial charge in [-0.15, -0.1) is 0 Å². The second-order valence-corrected chi connectivity index (χ2v) is 15.2. The Hall–Kier alpha value is -0.930. The molecule has 9 heteroatoms. The minimum Gasteiger partial charge on any atom is -0.492 e. The van der Waals surface area contributed by atoms with Gasteiger partial charge in [0.15, 0.2) is 0 Å². The van der Waals surface area contributed by atoms with Crippen LogP contribution in [-0.4, -0.2) is 40.0 Å². The van der Waals surface area contributed by atoms with Crippen molar-refractivity contribution in [2.24, 2.45) is 0 Å². The van der Waals surface area contributed by atoms with Gasteiger partial charge in [-0.2, -0.15) is 21.6 Å². The van der Waals surface area contributed by atoms with Crippen molar-refractivity contribution in [1.82, 2.24) is 0 Å². The first-order valence-corrected chi connectivity index (χ1v) is 18.0. The summed E-state index contributed by atoms with van der Waals surface area (Å²) in [6.45, 7) is 0.610. The molecule has 0 heterocycles. The zero-order valence-electron chi connectivity index (χ0n) is 23.1. The van der Waals surface area contributed by atoms with E-state index in [0.29, 0.717) is 18.8 Å². The van der Waals surface area contributed by atoms with Crippen molar-refractivity contribution < 1.29 is 30.0 Å². The Kier molecular flexibility index (Phi) is 16.9. The first-order chi connectivity index (χ1) is 17.4. The molecule has 0 fully saturated rings. The molecule has 1 aromatic carbocycles. The number of hydrogen-bond donors (Lipinski definition) is 0. The van der Waals surface area contributed by atoms with Crippen molar-refractivity contribution in [2.75, 3.05) is 25.4 Å². The molecule has 218 valence electrons. The molecule has 0 atom stereocenters. The number of benzene rings is 1. The van der Waals surface area contributed by atoms with Gasteiger partial charge in [-0.1, -0.05) is 112 Å². The summed E-state index contributed by atoms with van der Waals surface area (Å²) in [5, 5.41) is 0. The van der Waals surface area contributed by atoms with E-state index in [0.717, 1.165) is 43.3 Å². The lowest BCUT2D eigenvalue weighted by atomic mass is 10.0. The van der Waals surface area contributed by atoms with Crippen molar-refractivity contribution in [3.05, 3.63) is 24.3 Å². The lowest BCUT2D eigenvalue weighted by Crippen LogP contribution is -2.10. The second kappa shape index (κ2) is 18.4. The lowest BCUT2D eigenvalue weighted by molar-refractivity contribution is -0.135. The minimum absolute atomic E-state index is 0.274. The number of hydrogen-bond acceptors (Lipinski definition) is 4. The van der Waals surface area contributed by atoms with Crippen LogP contribution in [0.15, 0.2) is 29.2 Å². The molecule has 1 aromatic rings. The Bertz CT molecular complexity index is 827. The first kappa shape index (κ1) is 34.1. The monoisotopic (exact) mass is 570 g/mol. The minimum atomic E-state index is -4.00. The van der Waals surface area contributed by atoms with E-state index in [2.05, 4.69) is 0 Å². The molecule has 0 unspecified atom stereocenters. The lowest BCUT2D eigenvalue weighted by Gasteiger charge is -2.31. The molecule has 1 rings (SSSR count). The van der Waals surface area contributed by atoms with Crippen LogP contribution < -0.4 is 4.74 Å². The molecule has 0 amide bonds. The van der Waals surface area contributed by atoms with Crippen LogP contribution in [0.25, 0.3) is 0 Å². The third-order valence-electron chi connectivity index (χ3n) is 6.28. The van der Waals surface area contributed by atoms with Crippen LogP contribution in [0.2, 0.25) is 0 Å². The molecule has 0 spiro atoms. The van der Waals surface area contributed by atoms with Crippen molar-refractivity contribution in [3.63, 3.8) is 0 Å². The SMILES string of the molecule is CS(C)(OS(C)(=O)=O)c1ccccc1OCCCCCCCCCCCCCCCCCCC(F)(F)F. The fourth-order valence-corrected chi connectivity index (χ4v) is 8.19. The van der Waals surface area contributed by atoms with Crippen molar-refractivity contribution in [3.8, 4) is 5.75 Å². The molecule has 37 heavy (non-hydrogen) atoms. The molecule has 4 nitrogen and oxygen atoms in total. The standard InChI is InChI=1S/C28H49F3O4S2/c1-36(2,35-37(3,32)33)27-23-19-18-22-26(27)34-25-21-17-15-13-11-9-7-5-4-6-8-10-12-14-16-20-24-28(29,30)31/h18-19,22-23H,4-17,20-21,24-25H2,1-3H3. The van der Waals surface area contributed by atoms with Crippen molar-refractivity contribution in [2.45, 2.75) is 120 Å². The van der Waals surface area contributed by atoms with Gasteiger partial charge in [0.1, 0.15) is 5.75 Å². The van der Waals surface area contributed by atoms with Crippen LogP contribution in [0.4, 0.5) is 13.2 Å². The zero-order valence-corrected chi connectivity index (χ0v) is 24.8. The Morgan fingerprint density at radius 1 is 0.649 bits per heavy atom. The van der Waals surface area contributed by atoms with Gasteiger partial charge in [0, 0.05) is 6.42 Å². The second-order valence-electron chi connectivity index (χ2n) is 10.3. The molecule has 0 N–H and O–H groups in total. The van der Waals surface area contributed by atoms with Crippen molar-refractivity contribution >= 4 is 20.4 Å². The molecule has 0 aliphatic rings. The number of halogens is 3. The van der Waals surface area contributed by atoms with E-state index in [-0.39, 0.29) is 6.42 Å². The molecule has 0 saturated heterocycles. The van der Waals surface area contributed by atoms with Gasteiger partial charge in [-0.3, -0.25) is 0 Å². The number of para-hydroxylation sites is 1. The molecule has 0 saturated carbocycles. The average Bonchev–Trinajstić information content (AvgIpc) is 2.78. The molecular formula is C28H49F3O4S2. The molecule has 0 bridgehead atoms. The summed E-state index contributed by atoms with van der Waals surface area (Å²) >= 11 is 0. The fourth-order valence-electron chi connectivity index (χ4n) is 4.41. The number of rotatable bonds is 22. The fraction of sp³-hybridized carbons (Fsp3) is 0.786. The van der Waals surface area contributed by atoms with E-state index in [1.54, 1.807) is 0 Å². The Morgan fingerprint density at radius 2 is 1.05 bits per heavy atom. The van der Waals surface area contributed by atoms with E-state index in [9.17, 15) is 21.6 Å². The van der Waals surface area contributed by atoms with E-state index < -0.39 is 33.0 Å². The Balaban J connectivity index is 1.97. The third kappa shape index (κ3) is 18.9. The normalized spacial score (nSPS) is 13.1. The Morgan fingerprint density at radius 3 is 1.49 bits per heavy atom. The van der Waals surface area contributed by atoms with Crippen LogP contribution >= 0.6 is 10.3 Å². The van der Waals surface area contributed by atoms with Gasteiger partial charge in [0.05, 0.1) is 17.8 Å². The van der Waals surface area contributed by atoms with Crippen LogP contribution in [0.1, 0.15) is 109 Å². The summed E-state index contributed by atoms with van der Waals surface area (Å²) in [5.41, 5.74) is 0. The average molecular weight is 571 g/mol. The zero-order chi connectivity index (χ0) is 27.6. The largest absolute Gasteiger partial charge is 0.492 e. The highest BCUT2D eigenvalue weighted by Crippen LogP contribution is 2.55. The maximum absolute atomic E-state index is 12.1. The van der Waals surface area contributed by atoms with Crippen LogP contribution in [-0.2, 0) is 13.7 Å². The van der Waals surface area contributed by atoms with Crippen LogP contribution in [0, 0.1) is 0 Å². The predicted molar refractivity (Wildman–Crippen MR) is 150 cm³/mol. The van der Waals surface area contributed by atoms with E-state index >= 15 is 0 Å². The topological polar surface area (TPSA) is 52.6 Å². The summed E-state index contributed by atoms with van der Waals surface area (Å²) in [7, 11) is -5.52.